The molecule has 0 aromatic carbocycles. The molecular weight excluding hydrogens is 181 g/mol. The number of nitrogens with zero attached hydrogens (tertiary/aromatic N) is 1. The van der Waals surface area contributed by atoms with Gasteiger partial charge in [-0.3, -0.25) is 4.79 Å². The van der Waals surface area contributed by atoms with E-state index in [0.29, 0.717) is 10.7 Å². The fourth-order valence-corrected chi connectivity index (χ4v) is 1.54. The van der Waals surface area contributed by atoms with E-state index in [1.807, 2.05) is 0 Å². The third-order valence-electron chi connectivity index (χ3n) is 1.45. The van der Waals surface area contributed by atoms with E-state index in [0.717, 1.165) is 0 Å². The summed E-state index contributed by atoms with van der Waals surface area (Å²) in [7, 11) is 0. The lowest BCUT2D eigenvalue weighted by atomic mass is 10.2. The zero-order valence-corrected chi connectivity index (χ0v) is 7.27. The van der Waals surface area contributed by atoms with Crippen molar-refractivity contribution >= 4 is 17.3 Å². The number of carbonyl (C=O) groups is 1. The molecule has 1 atom stereocenters. The summed E-state index contributed by atoms with van der Waals surface area (Å²) in [5, 5.41) is 10.6. The predicted molar refractivity (Wildman–Crippen MR) is 43.0 cm³/mol. The van der Waals surface area contributed by atoms with Crippen LogP contribution in [0.1, 0.15) is 23.5 Å². The Hall–Kier alpha value is -0.970. The van der Waals surface area contributed by atoms with Gasteiger partial charge in [0.05, 0.1) is 5.69 Å². The first-order valence-corrected chi connectivity index (χ1v) is 4.26. The monoisotopic (exact) mass is 189 g/mol. The van der Waals surface area contributed by atoms with Crippen molar-refractivity contribution in [3.05, 3.63) is 16.1 Å². The van der Waals surface area contributed by atoms with Crippen LogP contribution in [0.2, 0.25) is 0 Å². The van der Waals surface area contributed by atoms with Crippen LogP contribution in [0.25, 0.3) is 0 Å². The molecule has 3 nitrogen and oxygen atoms in total. The number of hydrogen-bond acceptors (Lipinski definition) is 3. The number of halogens is 1. The topological polar surface area (TPSA) is 50.2 Å². The van der Waals surface area contributed by atoms with Crippen molar-refractivity contribution in [2.45, 2.75) is 19.5 Å². The molecule has 0 fully saturated rings. The maximum atomic E-state index is 12.0. The summed E-state index contributed by atoms with van der Waals surface area (Å²) in [6, 6.07) is 0. The van der Waals surface area contributed by atoms with E-state index < -0.39 is 18.6 Å². The molecule has 0 amide bonds. The Balaban J connectivity index is 2.81. The van der Waals surface area contributed by atoms with E-state index in [-0.39, 0.29) is 0 Å². The normalized spacial score (nSPS) is 12.8. The third kappa shape index (κ3) is 1.79. The molecule has 66 valence electrons. The lowest BCUT2D eigenvalue weighted by Crippen LogP contribution is -2.06. The zero-order chi connectivity index (χ0) is 9.14. The van der Waals surface area contributed by atoms with Gasteiger partial charge in [-0.15, -0.1) is 11.3 Å². The van der Waals surface area contributed by atoms with Gasteiger partial charge in [-0.05, 0) is 6.92 Å². The highest BCUT2D eigenvalue weighted by Crippen LogP contribution is 2.20. The van der Waals surface area contributed by atoms with E-state index in [1.165, 1.54) is 23.6 Å². The largest absolute Gasteiger partial charge is 0.481 e. The van der Waals surface area contributed by atoms with Gasteiger partial charge in [0, 0.05) is 5.38 Å². The first-order valence-electron chi connectivity index (χ1n) is 3.38. The van der Waals surface area contributed by atoms with Crippen LogP contribution in [0.3, 0.4) is 0 Å². The van der Waals surface area contributed by atoms with Crippen molar-refractivity contribution in [1.82, 2.24) is 4.98 Å². The van der Waals surface area contributed by atoms with Gasteiger partial charge in [0.2, 0.25) is 0 Å². The van der Waals surface area contributed by atoms with Gasteiger partial charge in [-0.2, -0.15) is 0 Å². The summed E-state index contributed by atoms with van der Waals surface area (Å²) in [6.07, 6.45) is 0. The second kappa shape index (κ2) is 3.62. The van der Waals surface area contributed by atoms with E-state index >= 15 is 0 Å². The van der Waals surface area contributed by atoms with Crippen molar-refractivity contribution < 1.29 is 14.3 Å². The molecule has 0 bridgehead atoms. The summed E-state index contributed by atoms with van der Waals surface area (Å²) >= 11 is 1.18. The van der Waals surface area contributed by atoms with Crippen LogP contribution in [0.15, 0.2) is 5.38 Å². The van der Waals surface area contributed by atoms with Crippen LogP contribution in [-0.4, -0.2) is 16.1 Å². The number of rotatable bonds is 3. The minimum absolute atomic E-state index is 0.308. The van der Waals surface area contributed by atoms with Gasteiger partial charge in [0.15, 0.2) is 0 Å². The molecule has 1 unspecified atom stereocenters. The van der Waals surface area contributed by atoms with E-state index in [2.05, 4.69) is 4.98 Å². The molecule has 0 saturated carbocycles. The van der Waals surface area contributed by atoms with Crippen LogP contribution < -0.4 is 0 Å². The smallest absolute Gasteiger partial charge is 0.313 e. The summed E-state index contributed by atoms with van der Waals surface area (Å²) in [5.41, 5.74) is 0.308. The Morgan fingerprint density at radius 3 is 3.00 bits per heavy atom. The first kappa shape index (κ1) is 9.12. The fraction of sp³-hybridized carbons (Fsp3) is 0.429. The van der Waals surface area contributed by atoms with E-state index in [1.54, 1.807) is 0 Å². The van der Waals surface area contributed by atoms with Crippen molar-refractivity contribution in [1.29, 1.82) is 0 Å². The molecule has 0 aliphatic carbocycles. The van der Waals surface area contributed by atoms with Gasteiger partial charge >= 0.3 is 5.97 Å². The number of aliphatic carboxylic acids is 1. The van der Waals surface area contributed by atoms with Crippen LogP contribution in [0.4, 0.5) is 4.39 Å². The molecule has 0 aliphatic heterocycles. The molecule has 0 spiro atoms. The van der Waals surface area contributed by atoms with Gasteiger partial charge in [-0.25, -0.2) is 9.37 Å². The van der Waals surface area contributed by atoms with Gasteiger partial charge < -0.3 is 5.11 Å². The molecule has 0 saturated heterocycles. The lowest BCUT2D eigenvalue weighted by Gasteiger charge is -1.98. The molecule has 0 radical (unpaired) electrons. The van der Waals surface area contributed by atoms with Crippen molar-refractivity contribution in [3.63, 3.8) is 0 Å². The highest BCUT2D eigenvalue weighted by Gasteiger charge is 2.17. The Morgan fingerprint density at radius 2 is 2.58 bits per heavy atom. The maximum absolute atomic E-state index is 12.0. The highest BCUT2D eigenvalue weighted by atomic mass is 32.1. The number of thiazole rings is 1. The molecule has 1 rings (SSSR count). The summed E-state index contributed by atoms with van der Waals surface area (Å²) < 4.78 is 12.0. The first-order chi connectivity index (χ1) is 5.65. The van der Waals surface area contributed by atoms with Crippen LogP contribution in [-0.2, 0) is 11.5 Å². The molecule has 12 heavy (non-hydrogen) atoms. The molecular formula is C7H8FNO2S. The van der Waals surface area contributed by atoms with Gasteiger partial charge in [-0.1, -0.05) is 0 Å². The number of aromatic nitrogens is 1. The van der Waals surface area contributed by atoms with Crippen molar-refractivity contribution in [2.75, 3.05) is 0 Å². The second-order valence-electron chi connectivity index (χ2n) is 2.37. The number of alkyl halides is 1. The lowest BCUT2D eigenvalue weighted by molar-refractivity contribution is -0.138. The summed E-state index contributed by atoms with van der Waals surface area (Å²) in [4.78, 5) is 14.3. The van der Waals surface area contributed by atoms with Crippen molar-refractivity contribution in [2.24, 2.45) is 0 Å². The van der Waals surface area contributed by atoms with Crippen molar-refractivity contribution in [3.8, 4) is 0 Å². The minimum atomic E-state index is -0.935. The zero-order valence-electron chi connectivity index (χ0n) is 6.45. The average Bonchev–Trinajstić information content (AvgIpc) is 2.50. The van der Waals surface area contributed by atoms with E-state index in [9.17, 15) is 9.18 Å². The minimum Gasteiger partial charge on any atom is -0.481 e. The molecule has 1 heterocycles. The number of carboxylic acid groups (broad SMARTS) is 1. The standard InChI is InChI=1S/C7H8FNO2S/c1-4(7(10)11)6-9-5(2-8)3-12-6/h3-4H,2H2,1H3,(H,10,11). The molecule has 5 heteroatoms. The average molecular weight is 189 g/mol. The van der Waals surface area contributed by atoms with Crippen LogP contribution in [0, 0.1) is 0 Å². The summed E-state index contributed by atoms with van der Waals surface area (Å²) in [5.74, 6) is -1.58. The highest BCUT2D eigenvalue weighted by molar-refractivity contribution is 7.09. The molecule has 0 aliphatic rings. The third-order valence-corrected chi connectivity index (χ3v) is 2.52. The molecule has 1 aromatic heterocycles. The van der Waals surface area contributed by atoms with Crippen LogP contribution >= 0.6 is 11.3 Å². The Kier molecular flexibility index (Phi) is 2.75. The number of hydrogen-bond donors (Lipinski definition) is 1. The Bertz CT molecular complexity index is 287. The Labute approximate surface area is 72.9 Å². The van der Waals surface area contributed by atoms with Gasteiger partial charge in [0.25, 0.3) is 0 Å². The maximum Gasteiger partial charge on any atom is 0.313 e. The predicted octanol–water partition coefficient (Wildman–Crippen LogP) is 1.80. The number of carboxylic acids is 1. The fourth-order valence-electron chi connectivity index (χ4n) is 0.689. The Morgan fingerprint density at radius 1 is 1.92 bits per heavy atom. The van der Waals surface area contributed by atoms with Crippen LogP contribution in [0.5, 0.6) is 0 Å². The van der Waals surface area contributed by atoms with E-state index in [4.69, 9.17) is 5.11 Å². The van der Waals surface area contributed by atoms with Gasteiger partial charge in [0.1, 0.15) is 17.6 Å². The molecule has 1 N–H and O–H groups in total. The second-order valence-corrected chi connectivity index (χ2v) is 3.26. The quantitative estimate of drug-likeness (QED) is 0.788. The molecule has 1 aromatic rings. The summed E-state index contributed by atoms with van der Waals surface area (Å²) in [6.45, 7) is 0.895. The SMILES string of the molecule is CC(C(=O)O)c1nc(CF)cs1.